The average molecular weight is 424 g/mol. The second kappa shape index (κ2) is 12.8. The van der Waals surface area contributed by atoms with Gasteiger partial charge in [0.2, 0.25) is 6.41 Å². The third-order valence-corrected chi connectivity index (χ3v) is 4.67. The van der Waals surface area contributed by atoms with Crippen molar-refractivity contribution in [1.29, 1.82) is 0 Å². The number of carbonyl (C=O) groups excluding carboxylic acids is 2. The number of ether oxygens (including phenoxy) is 2. The van der Waals surface area contributed by atoms with E-state index in [2.05, 4.69) is 9.88 Å². The normalized spacial score (nSPS) is 13.6. The molecule has 0 radical (unpaired) electrons. The van der Waals surface area contributed by atoms with Crippen molar-refractivity contribution in [2.45, 2.75) is 6.92 Å². The highest BCUT2D eigenvalue weighted by atomic mass is 16.5. The van der Waals surface area contributed by atoms with Crippen molar-refractivity contribution in [3.05, 3.63) is 66.5 Å². The summed E-state index contributed by atoms with van der Waals surface area (Å²) in [6, 6.07) is 9.48. The molecule has 7 nitrogen and oxygen atoms in total. The van der Waals surface area contributed by atoms with E-state index in [1.807, 2.05) is 31.2 Å². The highest BCUT2D eigenvalue weighted by Gasteiger charge is 2.15. The Bertz CT molecular complexity index is 889. The van der Waals surface area contributed by atoms with Crippen LogP contribution in [0.4, 0.5) is 5.69 Å². The van der Waals surface area contributed by atoms with Gasteiger partial charge in [0.25, 0.3) is 0 Å². The SMILES string of the molecule is C/C=C/C(=O)/C=C/c1ccc(OC)c(OC)c1.O=CN1CCN(c2ccncc2)CC1. The minimum atomic E-state index is -0.0396. The number of hydrogen-bond acceptors (Lipinski definition) is 6. The zero-order valence-electron chi connectivity index (χ0n) is 18.2. The first-order valence-electron chi connectivity index (χ1n) is 10.0. The Balaban J connectivity index is 0.000000224. The summed E-state index contributed by atoms with van der Waals surface area (Å²) in [6.45, 7) is 5.24. The molecule has 0 atom stereocenters. The van der Waals surface area contributed by atoms with Gasteiger partial charge in [-0.25, -0.2) is 0 Å². The lowest BCUT2D eigenvalue weighted by atomic mass is 10.1. The summed E-state index contributed by atoms with van der Waals surface area (Å²) in [4.78, 5) is 29.8. The molecule has 1 saturated heterocycles. The molecule has 164 valence electrons. The Hall–Kier alpha value is -3.61. The number of ketones is 1. The first-order chi connectivity index (χ1) is 15.1. The van der Waals surface area contributed by atoms with Crippen LogP contribution in [0.25, 0.3) is 6.08 Å². The number of piperazine rings is 1. The predicted octanol–water partition coefficient (Wildman–Crippen LogP) is 3.22. The summed E-state index contributed by atoms with van der Waals surface area (Å²) >= 11 is 0. The molecule has 7 heteroatoms. The maximum Gasteiger partial charge on any atom is 0.209 e. The number of hydrogen-bond donors (Lipinski definition) is 0. The molecule has 3 rings (SSSR count). The van der Waals surface area contributed by atoms with E-state index >= 15 is 0 Å². The molecule has 0 spiro atoms. The van der Waals surface area contributed by atoms with Gasteiger partial charge in [-0.3, -0.25) is 14.6 Å². The van der Waals surface area contributed by atoms with Crippen LogP contribution in [0.5, 0.6) is 11.5 Å². The van der Waals surface area contributed by atoms with E-state index in [0.29, 0.717) is 11.5 Å². The van der Waals surface area contributed by atoms with Crippen LogP contribution >= 0.6 is 0 Å². The fourth-order valence-electron chi connectivity index (χ4n) is 3.00. The minimum absolute atomic E-state index is 0.0396. The number of methoxy groups -OCH3 is 2. The van der Waals surface area contributed by atoms with Crippen LogP contribution in [0.1, 0.15) is 12.5 Å². The third-order valence-electron chi connectivity index (χ3n) is 4.67. The first kappa shape index (κ1) is 23.7. The molecular formula is C24H29N3O4. The zero-order chi connectivity index (χ0) is 22.5. The van der Waals surface area contributed by atoms with Crippen molar-refractivity contribution in [1.82, 2.24) is 9.88 Å². The van der Waals surface area contributed by atoms with Gasteiger partial charge in [0.15, 0.2) is 17.3 Å². The highest BCUT2D eigenvalue weighted by Crippen LogP contribution is 2.27. The van der Waals surface area contributed by atoms with Gasteiger partial charge in [-0.05, 0) is 48.9 Å². The van der Waals surface area contributed by atoms with E-state index in [1.54, 1.807) is 49.7 Å². The van der Waals surface area contributed by atoms with E-state index in [1.165, 1.54) is 17.8 Å². The molecule has 2 aromatic rings. The largest absolute Gasteiger partial charge is 0.493 e. The molecule has 2 heterocycles. The molecular weight excluding hydrogens is 394 g/mol. The van der Waals surface area contributed by atoms with Gasteiger partial charge in [-0.1, -0.05) is 18.2 Å². The van der Waals surface area contributed by atoms with E-state index in [9.17, 15) is 9.59 Å². The molecule has 1 aromatic heterocycles. The van der Waals surface area contributed by atoms with Gasteiger partial charge < -0.3 is 19.3 Å². The Morgan fingerprint density at radius 3 is 2.23 bits per heavy atom. The van der Waals surface area contributed by atoms with E-state index in [-0.39, 0.29) is 5.78 Å². The van der Waals surface area contributed by atoms with Crippen LogP contribution in [0.2, 0.25) is 0 Å². The molecule has 0 bridgehead atoms. The number of amides is 1. The predicted molar refractivity (Wildman–Crippen MR) is 122 cm³/mol. The lowest BCUT2D eigenvalue weighted by molar-refractivity contribution is -0.118. The number of anilines is 1. The summed E-state index contributed by atoms with van der Waals surface area (Å²) in [5.41, 5.74) is 2.08. The summed E-state index contributed by atoms with van der Waals surface area (Å²) in [5.74, 6) is 1.28. The van der Waals surface area contributed by atoms with Gasteiger partial charge in [-0.2, -0.15) is 0 Å². The lowest BCUT2D eigenvalue weighted by Crippen LogP contribution is -2.45. The number of benzene rings is 1. The highest BCUT2D eigenvalue weighted by molar-refractivity contribution is 6.01. The molecule has 0 N–H and O–H groups in total. The van der Waals surface area contributed by atoms with E-state index in [0.717, 1.165) is 38.2 Å². The van der Waals surface area contributed by atoms with Crippen LogP contribution in [-0.4, -0.2) is 62.5 Å². The van der Waals surface area contributed by atoms with Gasteiger partial charge in [-0.15, -0.1) is 0 Å². The smallest absolute Gasteiger partial charge is 0.209 e. The molecule has 1 aliphatic rings. The summed E-state index contributed by atoms with van der Waals surface area (Å²) in [7, 11) is 3.17. The molecule has 0 unspecified atom stereocenters. The molecule has 1 aromatic carbocycles. The van der Waals surface area contributed by atoms with Crippen LogP contribution in [0.15, 0.2) is 61.0 Å². The quantitative estimate of drug-likeness (QED) is 0.503. The molecule has 1 fully saturated rings. The van der Waals surface area contributed by atoms with Crippen molar-refractivity contribution in [3.63, 3.8) is 0 Å². The number of rotatable bonds is 7. The number of allylic oxidation sites excluding steroid dienone is 3. The van der Waals surface area contributed by atoms with Crippen LogP contribution < -0.4 is 14.4 Å². The molecule has 0 aliphatic carbocycles. The Morgan fingerprint density at radius 1 is 0.968 bits per heavy atom. The van der Waals surface area contributed by atoms with Gasteiger partial charge >= 0.3 is 0 Å². The molecule has 31 heavy (non-hydrogen) atoms. The maximum absolute atomic E-state index is 11.3. The van der Waals surface area contributed by atoms with Gasteiger partial charge in [0.05, 0.1) is 14.2 Å². The van der Waals surface area contributed by atoms with Crippen LogP contribution in [-0.2, 0) is 9.59 Å². The van der Waals surface area contributed by atoms with Crippen molar-refractivity contribution >= 4 is 24.0 Å². The van der Waals surface area contributed by atoms with Crippen molar-refractivity contribution in [3.8, 4) is 11.5 Å². The lowest BCUT2D eigenvalue weighted by Gasteiger charge is -2.33. The third kappa shape index (κ3) is 7.62. The molecule has 0 saturated carbocycles. The number of carbonyl (C=O) groups is 2. The zero-order valence-corrected chi connectivity index (χ0v) is 18.2. The topological polar surface area (TPSA) is 72.0 Å². The van der Waals surface area contributed by atoms with Gasteiger partial charge in [0.1, 0.15) is 0 Å². The Labute approximate surface area is 183 Å². The van der Waals surface area contributed by atoms with Crippen LogP contribution in [0.3, 0.4) is 0 Å². The Kier molecular flexibility index (Phi) is 9.81. The molecule has 1 aliphatic heterocycles. The monoisotopic (exact) mass is 423 g/mol. The summed E-state index contributed by atoms with van der Waals surface area (Å²) in [6.07, 6.45) is 11.0. The second-order valence-corrected chi connectivity index (χ2v) is 6.68. The summed E-state index contributed by atoms with van der Waals surface area (Å²) in [5, 5.41) is 0. The van der Waals surface area contributed by atoms with Gasteiger partial charge in [0, 0.05) is 44.3 Å². The van der Waals surface area contributed by atoms with Crippen molar-refractivity contribution in [2.75, 3.05) is 45.3 Å². The number of nitrogens with zero attached hydrogens (tertiary/aromatic N) is 3. The fraction of sp³-hybridized carbons (Fsp3) is 0.292. The average Bonchev–Trinajstić information content (AvgIpc) is 2.83. The summed E-state index contributed by atoms with van der Waals surface area (Å²) < 4.78 is 10.3. The number of pyridine rings is 1. The molecule has 1 amide bonds. The van der Waals surface area contributed by atoms with E-state index in [4.69, 9.17) is 9.47 Å². The fourth-order valence-corrected chi connectivity index (χ4v) is 3.00. The van der Waals surface area contributed by atoms with E-state index < -0.39 is 0 Å². The second-order valence-electron chi connectivity index (χ2n) is 6.68. The maximum atomic E-state index is 11.3. The standard InChI is InChI=1S/C14H16O3.C10H13N3O/c1-4-5-12(15)8-6-11-7-9-13(16-2)14(10-11)17-3;14-9-12-5-7-13(8-6-12)10-1-3-11-4-2-10/h4-10H,1-3H3;1-4,9H,5-8H2/b5-4+,8-6+;. The van der Waals surface area contributed by atoms with Crippen molar-refractivity contribution in [2.24, 2.45) is 0 Å². The minimum Gasteiger partial charge on any atom is -0.493 e. The van der Waals surface area contributed by atoms with Crippen LogP contribution in [0, 0.1) is 0 Å². The Morgan fingerprint density at radius 2 is 1.65 bits per heavy atom. The number of aromatic nitrogens is 1. The van der Waals surface area contributed by atoms with Crippen molar-refractivity contribution < 1.29 is 19.1 Å². The first-order valence-corrected chi connectivity index (χ1v) is 10.0.